The number of nitrogens with zero attached hydrogens (tertiary/aromatic N) is 2. The number of Topliss-reactive ketones (excluding diaryl/α,β-unsaturated/α-hetero) is 1. The van der Waals surface area contributed by atoms with Crippen LogP contribution >= 0.6 is 0 Å². The van der Waals surface area contributed by atoms with E-state index in [1.54, 1.807) is 12.1 Å². The quantitative estimate of drug-likeness (QED) is 0.136. The van der Waals surface area contributed by atoms with E-state index in [9.17, 15) is 43.8 Å². The number of amides is 5. The van der Waals surface area contributed by atoms with Gasteiger partial charge in [-0.15, -0.1) is 0 Å². The molecule has 3 fully saturated rings. The van der Waals surface area contributed by atoms with Crippen LogP contribution in [-0.4, -0.2) is 104 Å². The minimum absolute atomic E-state index is 0.0501. The molecule has 268 valence electrons. The van der Waals surface area contributed by atoms with Gasteiger partial charge in [-0.3, -0.25) is 33.6 Å². The standard InChI is InChI=1S/C34H48N6O9/c1-18(2)13-20(31(36)46)15-28(42)24(10-12-30(44)45)37-32(47)26-11-6-22-5-9-25(34(49)40(22)26)38-33(48)27(39-17-21(35)16-29(39)43)14-19-3-7-23(41)8-4-19/h3-4,7-8,18,20-22,24-27,41H,5-6,9-17,35H2,1-2H3,(H2,36,46)(H,37,47)(H,38,48)(H,44,45)/t20-,21+,22+,24+,25+,26+,27+/m0/s1. The summed E-state index contributed by atoms with van der Waals surface area (Å²) in [5.41, 5.74) is 12.2. The summed E-state index contributed by atoms with van der Waals surface area (Å²) < 4.78 is 0. The molecule has 1 aromatic carbocycles. The van der Waals surface area contributed by atoms with Gasteiger partial charge in [-0.2, -0.15) is 0 Å². The van der Waals surface area contributed by atoms with Crippen LogP contribution in [0.5, 0.6) is 5.75 Å². The SMILES string of the molecule is CC(C)C[C@@H](CC(=O)[C@@H](CCC(=O)O)NC(=O)[C@H]1CC[C@H]2CC[C@@H](NC(=O)[C@@H](Cc3ccc(O)cc3)N3C[C@H](N)CC3=O)C(=O)N21)C(N)=O. The fourth-order valence-electron chi connectivity index (χ4n) is 7.19. The first-order valence-corrected chi connectivity index (χ1v) is 16.9. The molecule has 0 radical (unpaired) electrons. The van der Waals surface area contributed by atoms with Gasteiger partial charge in [0.25, 0.3) is 0 Å². The number of piperidine rings is 1. The van der Waals surface area contributed by atoms with Crippen LogP contribution in [0, 0.1) is 11.8 Å². The summed E-state index contributed by atoms with van der Waals surface area (Å²) in [6.07, 6.45) is 1.39. The number of nitrogens with one attached hydrogen (secondary N) is 2. The molecule has 0 bridgehead atoms. The summed E-state index contributed by atoms with van der Waals surface area (Å²) in [7, 11) is 0. The molecule has 4 rings (SSSR count). The van der Waals surface area contributed by atoms with Crippen molar-refractivity contribution in [2.45, 2.75) is 114 Å². The molecule has 49 heavy (non-hydrogen) atoms. The number of aliphatic carboxylic acids is 1. The van der Waals surface area contributed by atoms with E-state index in [1.165, 1.54) is 21.9 Å². The predicted octanol–water partition coefficient (Wildman–Crippen LogP) is -0.0425. The third-order valence-electron chi connectivity index (χ3n) is 9.65. The number of carboxylic acid groups (broad SMARTS) is 1. The van der Waals surface area contributed by atoms with E-state index in [-0.39, 0.29) is 55.8 Å². The van der Waals surface area contributed by atoms with E-state index in [0.717, 1.165) is 0 Å². The lowest BCUT2D eigenvalue weighted by atomic mass is 9.89. The fraction of sp³-hybridized carbons (Fsp3) is 0.618. The number of carbonyl (C=O) groups excluding carboxylic acids is 6. The molecule has 3 aliphatic heterocycles. The Morgan fingerprint density at radius 3 is 2.29 bits per heavy atom. The number of hydrogen-bond acceptors (Lipinski definition) is 9. The molecule has 3 aliphatic rings. The highest BCUT2D eigenvalue weighted by atomic mass is 16.4. The minimum Gasteiger partial charge on any atom is -0.508 e. The van der Waals surface area contributed by atoms with Gasteiger partial charge in [-0.25, -0.2) is 0 Å². The van der Waals surface area contributed by atoms with Crippen molar-refractivity contribution in [3.8, 4) is 5.75 Å². The first-order chi connectivity index (χ1) is 23.1. The molecule has 0 saturated carbocycles. The molecule has 0 aliphatic carbocycles. The smallest absolute Gasteiger partial charge is 0.303 e. The van der Waals surface area contributed by atoms with E-state index in [1.807, 2.05) is 13.8 Å². The molecule has 7 atom stereocenters. The van der Waals surface area contributed by atoms with Crippen molar-refractivity contribution >= 4 is 41.3 Å². The Morgan fingerprint density at radius 2 is 1.69 bits per heavy atom. The molecule has 5 amide bonds. The normalized spacial score (nSPS) is 23.9. The maximum absolute atomic E-state index is 13.9. The molecular weight excluding hydrogens is 636 g/mol. The van der Waals surface area contributed by atoms with Gasteiger partial charge < -0.3 is 42.1 Å². The van der Waals surface area contributed by atoms with Gasteiger partial charge >= 0.3 is 5.97 Å². The van der Waals surface area contributed by atoms with Crippen LogP contribution in [0.2, 0.25) is 0 Å². The number of carbonyl (C=O) groups is 7. The number of ketones is 1. The Bertz CT molecular complexity index is 1430. The van der Waals surface area contributed by atoms with Gasteiger partial charge in [0.1, 0.15) is 23.9 Å². The zero-order valence-corrected chi connectivity index (χ0v) is 28.0. The number of nitrogens with two attached hydrogens (primary N) is 2. The number of aromatic hydroxyl groups is 1. The Balaban J connectivity index is 1.47. The molecule has 3 heterocycles. The number of primary amides is 1. The van der Waals surface area contributed by atoms with Crippen molar-refractivity contribution in [2.75, 3.05) is 6.54 Å². The number of phenolic OH excluding ortho intramolecular Hbond substituents is 1. The predicted molar refractivity (Wildman–Crippen MR) is 175 cm³/mol. The third-order valence-corrected chi connectivity index (χ3v) is 9.65. The lowest BCUT2D eigenvalue weighted by Gasteiger charge is -2.39. The van der Waals surface area contributed by atoms with Crippen LogP contribution in [0.15, 0.2) is 24.3 Å². The summed E-state index contributed by atoms with van der Waals surface area (Å²) >= 11 is 0. The maximum Gasteiger partial charge on any atom is 0.303 e. The van der Waals surface area contributed by atoms with Gasteiger partial charge in [-0.1, -0.05) is 26.0 Å². The molecule has 15 heteroatoms. The van der Waals surface area contributed by atoms with Crippen LogP contribution in [-0.2, 0) is 40.0 Å². The van der Waals surface area contributed by atoms with Crippen molar-refractivity contribution in [2.24, 2.45) is 23.3 Å². The molecule has 3 saturated heterocycles. The lowest BCUT2D eigenvalue weighted by molar-refractivity contribution is -0.147. The monoisotopic (exact) mass is 684 g/mol. The highest BCUT2D eigenvalue weighted by Gasteiger charge is 2.48. The first-order valence-electron chi connectivity index (χ1n) is 16.9. The molecule has 0 spiro atoms. The number of hydrogen-bond donors (Lipinski definition) is 6. The maximum atomic E-state index is 13.9. The zero-order chi connectivity index (χ0) is 36.0. The summed E-state index contributed by atoms with van der Waals surface area (Å²) in [5, 5.41) is 24.4. The largest absolute Gasteiger partial charge is 0.508 e. The molecule has 8 N–H and O–H groups in total. The summed E-state index contributed by atoms with van der Waals surface area (Å²) in [6.45, 7) is 3.93. The summed E-state index contributed by atoms with van der Waals surface area (Å²) in [5.74, 6) is -4.89. The number of benzene rings is 1. The Morgan fingerprint density at radius 1 is 1.02 bits per heavy atom. The number of phenols is 1. The second kappa shape index (κ2) is 16.2. The van der Waals surface area contributed by atoms with Gasteiger partial charge in [0.2, 0.25) is 29.5 Å². The number of rotatable bonds is 16. The molecule has 0 aromatic heterocycles. The first kappa shape index (κ1) is 37.3. The topological polar surface area (TPSA) is 243 Å². The average Bonchev–Trinajstić information content (AvgIpc) is 3.62. The van der Waals surface area contributed by atoms with Gasteiger partial charge in [-0.05, 0) is 62.1 Å². The van der Waals surface area contributed by atoms with Crippen LogP contribution in [0.3, 0.4) is 0 Å². The van der Waals surface area contributed by atoms with Crippen LogP contribution in [0.4, 0.5) is 0 Å². The molecule has 0 unspecified atom stereocenters. The van der Waals surface area contributed by atoms with E-state index >= 15 is 0 Å². The van der Waals surface area contributed by atoms with Crippen molar-refractivity contribution in [1.29, 1.82) is 0 Å². The number of fused-ring (bicyclic) bond motifs is 1. The lowest BCUT2D eigenvalue weighted by Crippen LogP contribution is -2.61. The third kappa shape index (κ3) is 9.55. The Kier molecular flexibility index (Phi) is 12.4. The zero-order valence-electron chi connectivity index (χ0n) is 28.0. The van der Waals surface area contributed by atoms with Gasteiger partial charge in [0, 0.05) is 50.2 Å². The van der Waals surface area contributed by atoms with Crippen LogP contribution < -0.4 is 22.1 Å². The van der Waals surface area contributed by atoms with Crippen LogP contribution in [0.1, 0.15) is 77.2 Å². The second-order valence-corrected chi connectivity index (χ2v) is 13.9. The molecule has 1 aromatic rings. The average molecular weight is 685 g/mol. The van der Waals surface area contributed by atoms with E-state index in [2.05, 4.69) is 10.6 Å². The molecule has 15 nitrogen and oxygen atoms in total. The van der Waals surface area contributed by atoms with Crippen molar-refractivity contribution in [1.82, 2.24) is 20.4 Å². The molecular formula is C34H48N6O9. The highest BCUT2D eigenvalue weighted by molar-refractivity contribution is 5.97. The summed E-state index contributed by atoms with van der Waals surface area (Å²) in [4.78, 5) is 93.6. The number of carboxylic acids is 1. The Labute approximate surface area is 285 Å². The van der Waals surface area contributed by atoms with E-state index in [0.29, 0.717) is 37.7 Å². The number of likely N-dealkylation sites (tertiary alicyclic amines) is 1. The van der Waals surface area contributed by atoms with E-state index < -0.39 is 77.9 Å². The van der Waals surface area contributed by atoms with E-state index in [4.69, 9.17) is 11.5 Å². The fourth-order valence-corrected chi connectivity index (χ4v) is 7.19. The summed E-state index contributed by atoms with van der Waals surface area (Å²) in [6, 6.07) is 1.46. The minimum atomic E-state index is -1.20. The van der Waals surface area contributed by atoms with Crippen LogP contribution in [0.25, 0.3) is 0 Å². The second-order valence-electron chi connectivity index (χ2n) is 13.9. The van der Waals surface area contributed by atoms with Crippen molar-refractivity contribution in [3.05, 3.63) is 29.8 Å². The van der Waals surface area contributed by atoms with Gasteiger partial charge in [0.05, 0.1) is 6.04 Å². The van der Waals surface area contributed by atoms with Crippen molar-refractivity contribution < 1.29 is 43.8 Å². The Hall–Kier alpha value is -4.53. The highest BCUT2D eigenvalue weighted by Crippen LogP contribution is 2.33. The van der Waals surface area contributed by atoms with Crippen molar-refractivity contribution in [3.63, 3.8) is 0 Å². The van der Waals surface area contributed by atoms with Gasteiger partial charge in [0.15, 0.2) is 5.78 Å².